The summed E-state index contributed by atoms with van der Waals surface area (Å²) >= 11 is 0. The van der Waals surface area contributed by atoms with Crippen molar-refractivity contribution in [3.63, 3.8) is 0 Å². The van der Waals surface area contributed by atoms with Crippen LogP contribution in [0.1, 0.15) is 66.9 Å². The zero-order chi connectivity index (χ0) is 29.8. The number of carbonyl (C=O) groups is 1. The number of carbonyl (C=O) groups excluding carboxylic acids is 1. The SMILES string of the molecule is COC(=O)C1CCN([C@H]2CC[C@@](COC(CO)c3cc(C(F)(F)F)cc(C(F)(F)F)c3)(c3ccccc3)CC2)CC1. The fraction of sp³-hybridized carbons (Fsp3) is 0.567. The number of aliphatic hydroxyl groups is 1. The highest BCUT2D eigenvalue weighted by atomic mass is 19.4. The molecule has 1 aliphatic carbocycles. The Morgan fingerprint density at radius 2 is 1.51 bits per heavy atom. The molecule has 1 N–H and O–H groups in total. The average molecular weight is 588 g/mol. The van der Waals surface area contributed by atoms with Gasteiger partial charge in [0.2, 0.25) is 0 Å². The lowest BCUT2D eigenvalue weighted by molar-refractivity contribution is -0.147. The highest BCUT2D eigenvalue weighted by molar-refractivity contribution is 5.72. The molecule has 1 saturated carbocycles. The highest BCUT2D eigenvalue weighted by Gasteiger charge is 2.41. The number of benzene rings is 2. The van der Waals surface area contributed by atoms with E-state index in [0.717, 1.165) is 44.3 Å². The summed E-state index contributed by atoms with van der Waals surface area (Å²) in [5.74, 6) is -0.282. The Bertz CT molecular complexity index is 1120. The maximum atomic E-state index is 13.4. The minimum absolute atomic E-state index is 0.0248. The lowest BCUT2D eigenvalue weighted by Crippen LogP contribution is -2.47. The van der Waals surface area contributed by atoms with Gasteiger partial charge in [0, 0.05) is 11.5 Å². The number of alkyl halides is 6. The number of nitrogens with zero attached hydrogens (tertiary/aromatic N) is 1. The van der Waals surface area contributed by atoms with Gasteiger partial charge in [-0.1, -0.05) is 30.3 Å². The molecule has 1 unspecified atom stereocenters. The van der Waals surface area contributed by atoms with Gasteiger partial charge in [-0.2, -0.15) is 26.3 Å². The average Bonchev–Trinajstić information content (AvgIpc) is 2.97. The number of likely N-dealkylation sites (tertiary alicyclic amines) is 1. The fourth-order valence-corrected chi connectivity index (χ4v) is 6.17. The summed E-state index contributed by atoms with van der Waals surface area (Å²) in [6.45, 7) is 0.810. The highest BCUT2D eigenvalue weighted by Crippen LogP contribution is 2.43. The molecule has 5 nitrogen and oxygen atoms in total. The third-order valence-electron chi connectivity index (χ3n) is 8.59. The Kier molecular flexibility index (Phi) is 9.70. The van der Waals surface area contributed by atoms with Crippen LogP contribution in [0.4, 0.5) is 26.3 Å². The van der Waals surface area contributed by atoms with E-state index in [1.165, 1.54) is 7.11 Å². The van der Waals surface area contributed by atoms with Crippen LogP contribution in [-0.4, -0.2) is 55.4 Å². The molecule has 2 aliphatic rings. The second-order valence-corrected chi connectivity index (χ2v) is 11.0. The first-order valence-corrected chi connectivity index (χ1v) is 13.8. The standard InChI is InChI=1S/C30H35F6NO4/c1-40-27(39)20-9-13-37(14-10-20)25-7-11-28(12-8-25,22-5-3-2-4-6-22)19-41-26(18-38)21-15-23(29(31,32)33)17-24(16-21)30(34,35)36/h2-6,15-17,20,25-26,38H,7-14,18-19H2,1H3/t25-,26?,28+. The quantitative estimate of drug-likeness (QED) is 0.281. The molecular weight excluding hydrogens is 552 g/mol. The molecule has 1 saturated heterocycles. The Hall–Kier alpha value is -2.63. The second-order valence-electron chi connectivity index (χ2n) is 11.0. The molecule has 0 radical (unpaired) electrons. The zero-order valence-corrected chi connectivity index (χ0v) is 22.8. The molecule has 11 heteroatoms. The molecule has 4 rings (SSSR count). The Morgan fingerprint density at radius 1 is 0.951 bits per heavy atom. The van der Waals surface area contributed by atoms with Crippen LogP contribution in [0.5, 0.6) is 0 Å². The Balaban J connectivity index is 1.51. The molecule has 0 spiro atoms. The molecule has 1 heterocycles. The van der Waals surface area contributed by atoms with Crippen molar-refractivity contribution < 1.29 is 45.7 Å². The van der Waals surface area contributed by atoms with Gasteiger partial charge in [0.25, 0.3) is 0 Å². The van der Waals surface area contributed by atoms with E-state index in [1.54, 1.807) is 0 Å². The third kappa shape index (κ3) is 7.42. The normalized spacial score (nSPS) is 23.8. The van der Waals surface area contributed by atoms with Gasteiger partial charge in [0.15, 0.2) is 0 Å². The summed E-state index contributed by atoms with van der Waals surface area (Å²) in [4.78, 5) is 14.3. The van der Waals surface area contributed by atoms with Crippen molar-refractivity contribution in [3.05, 3.63) is 70.8 Å². The number of rotatable bonds is 8. The van der Waals surface area contributed by atoms with Crippen LogP contribution in [0, 0.1) is 5.92 Å². The van der Waals surface area contributed by atoms with E-state index in [9.17, 15) is 36.2 Å². The Morgan fingerprint density at radius 3 is 2.00 bits per heavy atom. The monoisotopic (exact) mass is 587 g/mol. The number of piperidine rings is 1. The third-order valence-corrected chi connectivity index (χ3v) is 8.59. The molecule has 0 bridgehead atoms. The predicted octanol–water partition coefficient (Wildman–Crippen LogP) is 6.54. The summed E-state index contributed by atoms with van der Waals surface area (Å²) in [6.07, 6.45) is -6.90. The van der Waals surface area contributed by atoms with Crippen LogP contribution in [0.15, 0.2) is 48.5 Å². The molecule has 1 aliphatic heterocycles. The summed E-state index contributed by atoms with van der Waals surface area (Å²) in [5.41, 5.74) is -2.82. The van der Waals surface area contributed by atoms with Crippen molar-refractivity contribution in [1.29, 1.82) is 0 Å². The zero-order valence-electron chi connectivity index (χ0n) is 22.8. The first-order valence-electron chi connectivity index (χ1n) is 13.8. The molecule has 2 fully saturated rings. The lowest BCUT2D eigenvalue weighted by atomic mass is 9.68. The molecule has 226 valence electrons. The van der Waals surface area contributed by atoms with E-state index >= 15 is 0 Å². The largest absolute Gasteiger partial charge is 0.469 e. The maximum absolute atomic E-state index is 13.4. The lowest BCUT2D eigenvalue weighted by Gasteiger charge is -2.45. The molecule has 1 atom stereocenters. The Labute approximate surface area is 235 Å². The number of esters is 1. The summed E-state index contributed by atoms with van der Waals surface area (Å²) in [7, 11) is 1.39. The van der Waals surface area contributed by atoms with Crippen LogP contribution in [-0.2, 0) is 32.0 Å². The second kappa shape index (κ2) is 12.7. The van der Waals surface area contributed by atoms with Crippen molar-refractivity contribution >= 4 is 5.97 Å². The summed E-state index contributed by atoms with van der Waals surface area (Å²) in [6, 6.07) is 11.1. The van der Waals surface area contributed by atoms with Gasteiger partial charge in [0.1, 0.15) is 6.10 Å². The van der Waals surface area contributed by atoms with Gasteiger partial charge in [-0.25, -0.2) is 0 Å². The van der Waals surface area contributed by atoms with E-state index in [4.69, 9.17) is 9.47 Å². The molecule has 2 aromatic rings. The number of aliphatic hydroxyl groups excluding tert-OH is 1. The summed E-state index contributed by atoms with van der Waals surface area (Å²) < 4.78 is 91.5. The topological polar surface area (TPSA) is 59.0 Å². The van der Waals surface area contributed by atoms with E-state index < -0.39 is 41.6 Å². The maximum Gasteiger partial charge on any atom is 0.416 e. The first-order chi connectivity index (χ1) is 19.4. The van der Waals surface area contributed by atoms with E-state index in [2.05, 4.69) is 4.90 Å². The van der Waals surface area contributed by atoms with Crippen LogP contribution >= 0.6 is 0 Å². The van der Waals surface area contributed by atoms with E-state index in [1.807, 2.05) is 30.3 Å². The van der Waals surface area contributed by atoms with Gasteiger partial charge in [-0.05, 0) is 80.9 Å². The smallest absolute Gasteiger partial charge is 0.416 e. The van der Waals surface area contributed by atoms with Gasteiger partial charge in [-0.3, -0.25) is 4.79 Å². The van der Waals surface area contributed by atoms with Crippen molar-refractivity contribution in [2.75, 3.05) is 33.4 Å². The van der Waals surface area contributed by atoms with Crippen molar-refractivity contribution in [3.8, 4) is 0 Å². The number of hydrogen-bond donors (Lipinski definition) is 1. The van der Waals surface area contributed by atoms with Crippen LogP contribution in [0.25, 0.3) is 0 Å². The number of ether oxygens (including phenoxy) is 2. The van der Waals surface area contributed by atoms with Gasteiger partial charge < -0.3 is 19.5 Å². The molecular formula is C30H35F6NO4. The van der Waals surface area contributed by atoms with Crippen LogP contribution in [0.3, 0.4) is 0 Å². The molecule has 0 amide bonds. The van der Waals surface area contributed by atoms with Crippen LogP contribution in [0.2, 0.25) is 0 Å². The van der Waals surface area contributed by atoms with Gasteiger partial charge in [-0.15, -0.1) is 0 Å². The van der Waals surface area contributed by atoms with E-state index in [0.29, 0.717) is 25.0 Å². The minimum Gasteiger partial charge on any atom is -0.469 e. The van der Waals surface area contributed by atoms with E-state index in [-0.39, 0.29) is 36.2 Å². The fourth-order valence-electron chi connectivity index (χ4n) is 6.17. The minimum atomic E-state index is -5.00. The predicted molar refractivity (Wildman–Crippen MR) is 139 cm³/mol. The van der Waals surface area contributed by atoms with Gasteiger partial charge >= 0.3 is 18.3 Å². The molecule has 41 heavy (non-hydrogen) atoms. The molecule has 2 aromatic carbocycles. The van der Waals surface area contributed by atoms with Gasteiger partial charge in [0.05, 0.1) is 37.4 Å². The number of methoxy groups -OCH3 is 1. The van der Waals surface area contributed by atoms with Crippen molar-refractivity contribution in [1.82, 2.24) is 4.90 Å². The summed E-state index contributed by atoms with van der Waals surface area (Å²) in [5, 5.41) is 10.0. The first kappa shape index (κ1) is 31.3. The number of halogens is 6. The van der Waals surface area contributed by atoms with Crippen molar-refractivity contribution in [2.24, 2.45) is 5.92 Å². The van der Waals surface area contributed by atoms with Crippen LogP contribution < -0.4 is 0 Å². The molecule has 0 aromatic heterocycles. The van der Waals surface area contributed by atoms with Crippen molar-refractivity contribution in [2.45, 2.75) is 68.4 Å². The number of hydrogen-bond acceptors (Lipinski definition) is 5.